The summed E-state index contributed by atoms with van der Waals surface area (Å²) in [6.45, 7) is 10.3. The average Bonchev–Trinajstić information content (AvgIpc) is 2.97. The minimum atomic E-state index is -0.509. The molecule has 0 amide bonds. The van der Waals surface area contributed by atoms with Crippen molar-refractivity contribution >= 4 is 28.2 Å². The highest BCUT2D eigenvalue weighted by Gasteiger charge is 2.40. The number of anilines is 1. The maximum Gasteiger partial charge on any atom is 0.0831 e. The van der Waals surface area contributed by atoms with Crippen LogP contribution in [0, 0.1) is 13.8 Å². The summed E-state index contributed by atoms with van der Waals surface area (Å²) in [5.74, 6) is -0.0445. The highest BCUT2D eigenvalue weighted by atomic mass is 35.5. The van der Waals surface area contributed by atoms with Gasteiger partial charge in [0.25, 0.3) is 0 Å². The molecule has 4 rings (SSSR count). The topological polar surface area (TPSA) is 48.0 Å². The predicted molar refractivity (Wildman–Crippen MR) is 110 cm³/mol. The Morgan fingerprint density at radius 3 is 2.58 bits per heavy atom. The van der Waals surface area contributed by atoms with Gasteiger partial charge in [0.05, 0.1) is 22.2 Å². The van der Waals surface area contributed by atoms with Gasteiger partial charge in [0, 0.05) is 39.9 Å². The second kappa shape index (κ2) is 5.77. The lowest BCUT2D eigenvalue weighted by molar-refractivity contribution is 0.0869. The first-order chi connectivity index (χ1) is 12.2. The van der Waals surface area contributed by atoms with Crippen LogP contribution in [0.5, 0.6) is 0 Å². The van der Waals surface area contributed by atoms with Crippen molar-refractivity contribution in [3.8, 4) is 11.1 Å². The molecule has 26 heavy (non-hydrogen) atoms. The van der Waals surface area contributed by atoms with E-state index in [1.165, 1.54) is 10.9 Å². The molecule has 1 aromatic heterocycles. The van der Waals surface area contributed by atoms with Crippen LogP contribution in [0.2, 0.25) is 5.02 Å². The lowest BCUT2D eigenvalue weighted by Gasteiger charge is -2.43. The molecule has 0 saturated carbocycles. The lowest BCUT2D eigenvalue weighted by Crippen LogP contribution is -2.50. The van der Waals surface area contributed by atoms with Crippen LogP contribution < -0.4 is 5.32 Å². The van der Waals surface area contributed by atoms with Gasteiger partial charge in [-0.3, -0.25) is 0 Å². The molecule has 0 bridgehead atoms. The maximum atomic E-state index is 10.8. The molecule has 1 aliphatic heterocycles. The van der Waals surface area contributed by atoms with E-state index in [0.717, 1.165) is 38.5 Å². The van der Waals surface area contributed by atoms with Gasteiger partial charge in [-0.05, 0) is 44.9 Å². The minimum Gasteiger partial charge on any atom is -0.390 e. The maximum absolute atomic E-state index is 10.8. The zero-order valence-corrected chi connectivity index (χ0v) is 16.6. The third-order valence-corrected chi connectivity index (χ3v) is 6.23. The Labute approximate surface area is 159 Å². The lowest BCUT2D eigenvalue weighted by atomic mass is 9.77. The fourth-order valence-corrected chi connectivity index (χ4v) is 4.73. The van der Waals surface area contributed by atoms with Gasteiger partial charge in [-0.25, -0.2) is 0 Å². The normalized spacial score (nSPS) is 21.5. The van der Waals surface area contributed by atoms with Crippen molar-refractivity contribution in [2.24, 2.45) is 0 Å². The highest BCUT2D eigenvalue weighted by molar-refractivity contribution is 6.35. The number of rotatable bonds is 1. The van der Waals surface area contributed by atoms with Crippen LogP contribution >= 0.6 is 11.6 Å². The van der Waals surface area contributed by atoms with Crippen LogP contribution in [0.4, 0.5) is 5.69 Å². The van der Waals surface area contributed by atoms with Crippen molar-refractivity contribution in [1.82, 2.24) is 4.98 Å². The van der Waals surface area contributed by atoms with Gasteiger partial charge in [0.2, 0.25) is 0 Å². The standard InChI is InChI=1S/C22H25ClN2O/c1-11-9-16(15-8-6-7-14-12(2)10-24-20(14)15)18(23)17-13(3)21(26)22(4,5)25-19(11)17/h6-10,13,21,24-26H,1-5H3/t13-,21+/m1/s1. The molecule has 136 valence electrons. The number of hydrogen-bond acceptors (Lipinski definition) is 2. The molecule has 0 radical (unpaired) electrons. The van der Waals surface area contributed by atoms with Gasteiger partial charge in [0.1, 0.15) is 0 Å². The molecule has 2 aromatic carbocycles. The number of H-pyrrole nitrogens is 1. The van der Waals surface area contributed by atoms with E-state index in [-0.39, 0.29) is 5.92 Å². The first kappa shape index (κ1) is 17.4. The number of benzene rings is 2. The van der Waals surface area contributed by atoms with Gasteiger partial charge >= 0.3 is 0 Å². The average molecular weight is 369 g/mol. The van der Waals surface area contributed by atoms with Crippen LogP contribution in [-0.2, 0) is 0 Å². The monoisotopic (exact) mass is 368 g/mol. The van der Waals surface area contributed by atoms with E-state index >= 15 is 0 Å². The molecule has 0 fully saturated rings. The summed E-state index contributed by atoms with van der Waals surface area (Å²) in [7, 11) is 0. The number of aromatic amines is 1. The molecule has 0 unspecified atom stereocenters. The van der Waals surface area contributed by atoms with E-state index in [0.29, 0.717) is 0 Å². The van der Waals surface area contributed by atoms with Gasteiger partial charge in [-0.15, -0.1) is 0 Å². The second-order valence-electron chi connectivity index (χ2n) is 8.12. The summed E-state index contributed by atoms with van der Waals surface area (Å²) < 4.78 is 0. The van der Waals surface area contributed by atoms with Crippen molar-refractivity contribution in [3.63, 3.8) is 0 Å². The van der Waals surface area contributed by atoms with E-state index in [1.54, 1.807) is 0 Å². The minimum absolute atomic E-state index is 0.0445. The Bertz CT molecular complexity index is 1020. The smallest absolute Gasteiger partial charge is 0.0831 e. The molecule has 3 N–H and O–H groups in total. The number of aliphatic hydroxyl groups is 1. The molecular formula is C22H25ClN2O. The van der Waals surface area contributed by atoms with Crippen LogP contribution in [0.3, 0.4) is 0 Å². The van der Waals surface area contributed by atoms with Crippen molar-refractivity contribution in [3.05, 3.63) is 52.2 Å². The van der Waals surface area contributed by atoms with Gasteiger partial charge in [-0.1, -0.05) is 36.7 Å². The molecule has 3 nitrogen and oxygen atoms in total. The molecule has 1 aliphatic rings. The highest BCUT2D eigenvalue weighted by Crippen LogP contribution is 2.48. The van der Waals surface area contributed by atoms with E-state index in [2.05, 4.69) is 55.3 Å². The number of halogens is 1. The Kier molecular flexibility index (Phi) is 3.87. The quantitative estimate of drug-likeness (QED) is 0.510. The van der Waals surface area contributed by atoms with Crippen LogP contribution in [0.25, 0.3) is 22.0 Å². The van der Waals surface area contributed by atoms with E-state index < -0.39 is 11.6 Å². The summed E-state index contributed by atoms with van der Waals surface area (Å²) in [5, 5.41) is 16.2. The summed E-state index contributed by atoms with van der Waals surface area (Å²) in [4.78, 5) is 3.39. The molecule has 0 spiro atoms. The Hall–Kier alpha value is -1.97. The second-order valence-corrected chi connectivity index (χ2v) is 8.50. The SMILES string of the molecule is Cc1cc(-c2cccc3c(C)c[nH]c23)c(Cl)c2c1NC(C)(C)[C@@H](O)[C@@H]2C. The fraction of sp³-hybridized carbons (Fsp3) is 0.364. The van der Waals surface area contributed by atoms with Crippen LogP contribution in [0.15, 0.2) is 30.5 Å². The van der Waals surface area contributed by atoms with Gasteiger partial charge in [-0.2, -0.15) is 0 Å². The molecule has 3 aromatic rings. The number of aromatic nitrogens is 1. The molecule has 0 saturated heterocycles. The van der Waals surface area contributed by atoms with Crippen molar-refractivity contribution in [2.75, 3.05) is 5.32 Å². The Morgan fingerprint density at radius 1 is 1.12 bits per heavy atom. The number of fused-ring (bicyclic) bond motifs is 2. The largest absolute Gasteiger partial charge is 0.390 e. The molecule has 0 aliphatic carbocycles. The predicted octanol–water partition coefficient (Wildman–Crippen LogP) is 5.77. The summed E-state index contributed by atoms with van der Waals surface area (Å²) in [6.07, 6.45) is 1.52. The van der Waals surface area contributed by atoms with Crippen LogP contribution in [0.1, 0.15) is 43.4 Å². The van der Waals surface area contributed by atoms with Gasteiger partial charge < -0.3 is 15.4 Å². The molecular weight excluding hydrogens is 344 g/mol. The third-order valence-electron chi connectivity index (χ3n) is 5.83. The van der Waals surface area contributed by atoms with Crippen molar-refractivity contribution in [2.45, 2.75) is 52.2 Å². The number of hydrogen-bond donors (Lipinski definition) is 3. The summed E-state index contributed by atoms with van der Waals surface area (Å²) >= 11 is 6.93. The molecule has 2 heterocycles. The van der Waals surface area contributed by atoms with Crippen molar-refractivity contribution in [1.29, 1.82) is 0 Å². The Balaban J connectivity index is 2.00. The summed E-state index contributed by atoms with van der Waals surface area (Å²) in [5.41, 5.74) is 7.24. The summed E-state index contributed by atoms with van der Waals surface area (Å²) in [6, 6.07) is 8.45. The van der Waals surface area contributed by atoms with E-state index in [1.807, 2.05) is 20.0 Å². The van der Waals surface area contributed by atoms with Gasteiger partial charge in [0.15, 0.2) is 0 Å². The first-order valence-corrected chi connectivity index (χ1v) is 9.46. The first-order valence-electron chi connectivity index (χ1n) is 9.08. The van der Waals surface area contributed by atoms with E-state index in [9.17, 15) is 5.11 Å². The number of aliphatic hydroxyl groups excluding tert-OH is 1. The number of aryl methyl sites for hydroxylation is 2. The third kappa shape index (κ3) is 2.38. The number of para-hydroxylation sites is 1. The number of nitrogens with one attached hydrogen (secondary N) is 2. The van der Waals surface area contributed by atoms with E-state index in [4.69, 9.17) is 11.6 Å². The Morgan fingerprint density at radius 2 is 1.85 bits per heavy atom. The zero-order chi connectivity index (χ0) is 18.8. The molecule has 2 atom stereocenters. The fourth-order valence-electron chi connectivity index (χ4n) is 4.31. The van der Waals surface area contributed by atoms with Crippen molar-refractivity contribution < 1.29 is 5.11 Å². The zero-order valence-electron chi connectivity index (χ0n) is 15.9. The van der Waals surface area contributed by atoms with Crippen LogP contribution in [-0.4, -0.2) is 21.7 Å². The molecule has 4 heteroatoms.